The number of aliphatic hydroxyl groups is 6. The lowest BCUT2D eigenvalue weighted by Crippen LogP contribution is -2.61. The molecule has 1 aromatic heterocycles. The van der Waals surface area contributed by atoms with Gasteiger partial charge in [-0.15, -0.1) is 0 Å². The highest BCUT2D eigenvalue weighted by atomic mass is 16.8. The van der Waals surface area contributed by atoms with Crippen LogP contribution in [0.3, 0.4) is 0 Å². The highest BCUT2D eigenvalue weighted by molar-refractivity contribution is 5.40. The highest BCUT2D eigenvalue weighted by Gasteiger charge is 2.53. The SMILES string of the molecule is COCc1c(COC2OC(CO)C(O)C(O)C2OC2OCC(O)(CO)C2O)cnc(C)c1O. The number of aryl methyl sites for hydroxylation is 1. The predicted octanol–water partition coefficient (Wildman–Crippen LogP) is -2.98. The van der Waals surface area contributed by atoms with E-state index in [4.69, 9.17) is 23.7 Å². The van der Waals surface area contributed by atoms with Crippen LogP contribution in [0.1, 0.15) is 16.8 Å². The van der Waals surface area contributed by atoms with E-state index in [9.17, 15) is 35.7 Å². The zero-order valence-electron chi connectivity index (χ0n) is 18.3. The number of ether oxygens (including phenoxy) is 5. The second-order valence-corrected chi connectivity index (χ2v) is 8.13. The molecule has 0 saturated carbocycles. The quantitative estimate of drug-likeness (QED) is 0.190. The highest BCUT2D eigenvalue weighted by Crippen LogP contribution is 2.32. The molecule has 3 rings (SSSR count). The van der Waals surface area contributed by atoms with E-state index >= 15 is 0 Å². The van der Waals surface area contributed by atoms with Crippen LogP contribution < -0.4 is 0 Å². The fraction of sp³-hybridized carbons (Fsp3) is 0.750. The summed E-state index contributed by atoms with van der Waals surface area (Å²) in [5.41, 5.74) is -0.688. The van der Waals surface area contributed by atoms with Crippen molar-refractivity contribution < 1.29 is 59.4 Å². The van der Waals surface area contributed by atoms with E-state index in [1.165, 1.54) is 13.3 Å². The molecule has 2 aliphatic heterocycles. The van der Waals surface area contributed by atoms with Crippen LogP contribution in [0, 0.1) is 6.92 Å². The van der Waals surface area contributed by atoms with E-state index in [2.05, 4.69) is 4.98 Å². The number of nitrogens with zero attached hydrogens (tertiary/aromatic N) is 1. The topological polar surface area (TPSA) is 201 Å². The third-order valence-corrected chi connectivity index (χ3v) is 5.82. The van der Waals surface area contributed by atoms with Crippen molar-refractivity contribution in [1.29, 1.82) is 0 Å². The molecule has 7 N–H and O–H groups in total. The summed E-state index contributed by atoms with van der Waals surface area (Å²) in [6.45, 7) is -0.335. The molecule has 8 unspecified atom stereocenters. The van der Waals surface area contributed by atoms with Crippen molar-refractivity contribution in [2.24, 2.45) is 0 Å². The zero-order chi connectivity index (χ0) is 24.3. The van der Waals surface area contributed by atoms with Crippen LogP contribution >= 0.6 is 0 Å². The number of rotatable bonds is 9. The van der Waals surface area contributed by atoms with Crippen LogP contribution in [0.25, 0.3) is 0 Å². The van der Waals surface area contributed by atoms with Crippen LogP contribution in [-0.4, -0.2) is 116 Å². The fourth-order valence-corrected chi connectivity index (χ4v) is 3.69. The van der Waals surface area contributed by atoms with Gasteiger partial charge in [-0.05, 0) is 6.92 Å². The second-order valence-electron chi connectivity index (χ2n) is 8.13. The molecule has 13 heteroatoms. The van der Waals surface area contributed by atoms with Crippen molar-refractivity contribution in [1.82, 2.24) is 4.98 Å². The van der Waals surface area contributed by atoms with Crippen molar-refractivity contribution in [3.8, 4) is 5.75 Å². The lowest BCUT2D eigenvalue weighted by atomic mass is 9.98. The first-order valence-electron chi connectivity index (χ1n) is 10.3. The van der Waals surface area contributed by atoms with E-state index in [0.717, 1.165) is 0 Å². The molecule has 8 atom stereocenters. The average Bonchev–Trinajstić information content (AvgIpc) is 3.09. The van der Waals surface area contributed by atoms with E-state index in [-0.39, 0.29) is 19.0 Å². The van der Waals surface area contributed by atoms with Gasteiger partial charge in [-0.1, -0.05) is 0 Å². The van der Waals surface area contributed by atoms with Crippen LogP contribution in [0.2, 0.25) is 0 Å². The number of aliphatic hydroxyl groups excluding tert-OH is 5. The van der Waals surface area contributed by atoms with Gasteiger partial charge in [-0.2, -0.15) is 0 Å². The lowest BCUT2D eigenvalue weighted by Gasteiger charge is -2.42. The lowest BCUT2D eigenvalue weighted by molar-refractivity contribution is -0.338. The van der Waals surface area contributed by atoms with Crippen LogP contribution in [0.5, 0.6) is 5.75 Å². The molecule has 1 aromatic rings. The summed E-state index contributed by atoms with van der Waals surface area (Å²) >= 11 is 0. The molecule has 13 nitrogen and oxygen atoms in total. The molecule has 0 bridgehead atoms. The van der Waals surface area contributed by atoms with E-state index in [1.54, 1.807) is 6.92 Å². The molecule has 2 aliphatic rings. The standard InChI is InChI=1S/C20H31NO12/c1-9-13(24)11(6-29-2)10(3-21-9)5-30-18-16(15(26)14(25)12(4-22)32-18)33-19-17(27)20(28,7-23)8-31-19/h3,12,14-19,22-28H,4-8H2,1-2H3. The summed E-state index contributed by atoms with van der Waals surface area (Å²) in [4.78, 5) is 4.09. The van der Waals surface area contributed by atoms with Crippen molar-refractivity contribution in [3.63, 3.8) is 0 Å². The maximum Gasteiger partial charge on any atom is 0.187 e. The first-order chi connectivity index (χ1) is 15.7. The Labute approximate surface area is 189 Å². The third kappa shape index (κ3) is 5.28. The number of hydrogen-bond acceptors (Lipinski definition) is 13. The van der Waals surface area contributed by atoms with Gasteiger partial charge in [0.05, 0.1) is 38.7 Å². The molecule has 0 aromatic carbocycles. The molecule has 188 valence electrons. The molecule has 0 radical (unpaired) electrons. The van der Waals surface area contributed by atoms with Crippen molar-refractivity contribution in [2.45, 2.75) is 68.8 Å². The number of aromatic nitrogens is 1. The van der Waals surface area contributed by atoms with Gasteiger partial charge in [-0.3, -0.25) is 4.98 Å². The van der Waals surface area contributed by atoms with Crippen molar-refractivity contribution >= 4 is 0 Å². The molecule has 0 amide bonds. The Morgan fingerprint density at radius 3 is 2.48 bits per heavy atom. The number of hydrogen-bond donors (Lipinski definition) is 7. The molecule has 2 fully saturated rings. The first-order valence-corrected chi connectivity index (χ1v) is 10.3. The number of methoxy groups -OCH3 is 1. The second kappa shape index (κ2) is 10.8. The normalized spacial score (nSPS) is 36.9. The van der Waals surface area contributed by atoms with E-state index in [0.29, 0.717) is 16.8 Å². The fourth-order valence-electron chi connectivity index (χ4n) is 3.69. The minimum Gasteiger partial charge on any atom is -0.506 e. The molecular formula is C20H31NO12. The molecule has 0 aliphatic carbocycles. The Morgan fingerprint density at radius 2 is 1.88 bits per heavy atom. The Balaban J connectivity index is 1.79. The Kier molecular flexibility index (Phi) is 8.58. The summed E-state index contributed by atoms with van der Waals surface area (Å²) in [7, 11) is 1.46. The van der Waals surface area contributed by atoms with Gasteiger partial charge in [0.15, 0.2) is 12.6 Å². The van der Waals surface area contributed by atoms with Gasteiger partial charge in [0, 0.05) is 24.4 Å². The predicted molar refractivity (Wildman–Crippen MR) is 107 cm³/mol. The average molecular weight is 477 g/mol. The van der Waals surface area contributed by atoms with Gasteiger partial charge in [0.2, 0.25) is 0 Å². The van der Waals surface area contributed by atoms with Crippen LogP contribution in [0.4, 0.5) is 0 Å². The summed E-state index contributed by atoms with van der Waals surface area (Å²) in [5, 5.41) is 70.4. The first kappa shape index (κ1) is 26.1. The molecular weight excluding hydrogens is 446 g/mol. The Bertz CT molecular complexity index is 797. The van der Waals surface area contributed by atoms with E-state index < -0.39 is 68.5 Å². The van der Waals surface area contributed by atoms with Crippen molar-refractivity contribution in [3.05, 3.63) is 23.0 Å². The van der Waals surface area contributed by atoms with Crippen LogP contribution in [0.15, 0.2) is 6.20 Å². The maximum absolute atomic E-state index is 10.6. The monoisotopic (exact) mass is 477 g/mol. The summed E-state index contributed by atoms with van der Waals surface area (Å²) < 4.78 is 27.2. The van der Waals surface area contributed by atoms with Gasteiger partial charge >= 0.3 is 0 Å². The van der Waals surface area contributed by atoms with Gasteiger partial charge in [0.1, 0.15) is 41.9 Å². The number of aromatic hydroxyl groups is 1. The molecule has 0 spiro atoms. The number of pyridine rings is 1. The minimum atomic E-state index is -1.96. The minimum absolute atomic E-state index is 0.0650. The molecule has 2 saturated heterocycles. The largest absolute Gasteiger partial charge is 0.506 e. The summed E-state index contributed by atoms with van der Waals surface area (Å²) in [6.07, 6.45) is -8.80. The third-order valence-electron chi connectivity index (χ3n) is 5.82. The van der Waals surface area contributed by atoms with Gasteiger partial charge in [0.25, 0.3) is 0 Å². The van der Waals surface area contributed by atoms with Crippen LogP contribution in [-0.2, 0) is 36.9 Å². The van der Waals surface area contributed by atoms with E-state index in [1.807, 2.05) is 0 Å². The Morgan fingerprint density at radius 1 is 1.15 bits per heavy atom. The summed E-state index contributed by atoms with van der Waals surface area (Å²) in [5.74, 6) is -0.0650. The molecule has 3 heterocycles. The maximum atomic E-state index is 10.6. The molecule has 33 heavy (non-hydrogen) atoms. The summed E-state index contributed by atoms with van der Waals surface area (Å²) in [6, 6.07) is 0. The van der Waals surface area contributed by atoms with Gasteiger partial charge < -0.3 is 59.4 Å². The smallest absolute Gasteiger partial charge is 0.187 e. The zero-order valence-corrected chi connectivity index (χ0v) is 18.3. The van der Waals surface area contributed by atoms with Gasteiger partial charge in [-0.25, -0.2) is 0 Å². The van der Waals surface area contributed by atoms with Crippen molar-refractivity contribution in [2.75, 3.05) is 26.9 Å². The Hall–Kier alpha value is -1.49.